The number of piperazine rings is 1. The number of carbonyl (C=O) groups is 2. The van der Waals surface area contributed by atoms with Crippen molar-refractivity contribution in [3.63, 3.8) is 0 Å². The molecular formula is C39H55F2N5O3. The van der Waals surface area contributed by atoms with Gasteiger partial charge < -0.3 is 24.8 Å². The van der Waals surface area contributed by atoms with Gasteiger partial charge in [0.05, 0.1) is 12.1 Å². The summed E-state index contributed by atoms with van der Waals surface area (Å²) >= 11 is 0. The average molecular weight is 680 g/mol. The van der Waals surface area contributed by atoms with Crippen molar-refractivity contribution in [3.8, 4) is 0 Å². The highest BCUT2D eigenvalue weighted by Crippen LogP contribution is 2.31. The van der Waals surface area contributed by atoms with Crippen LogP contribution in [-0.4, -0.2) is 95.8 Å². The number of rotatable bonds is 14. The molecule has 0 aliphatic carbocycles. The molecule has 3 aliphatic heterocycles. The SMILES string of the molecule is CCc1c(F)cc(CCC(=O)[C@@H]2CN(C3=N[C@@H](C)[C@H](c4ccccc4)O3)CCN2C(=O)[C@@H](CCCCN2CCCCC2)NC(C)C)cc1F. The normalized spacial score (nSPS) is 22.3. The zero-order valence-corrected chi connectivity index (χ0v) is 29.8. The molecule has 3 aliphatic rings. The fraction of sp³-hybridized carbons (Fsp3) is 0.615. The summed E-state index contributed by atoms with van der Waals surface area (Å²) in [6.45, 7) is 12.2. The maximum atomic E-state index is 14.6. The van der Waals surface area contributed by atoms with Crippen molar-refractivity contribution in [2.24, 2.45) is 4.99 Å². The van der Waals surface area contributed by atoms with E-state index in [0.29, 0.717) is 31.1 Å². The van der Waals surface area contributed by atoms with Crippen LogP contribution in [0.3, 0.4) is 0 Å². The Kier molecular flexibility index (Phi) is 13.2. The van der Waals surface area contributed by atoms with Crippen molar-refractivity contribution in [1.82, 2.24) is 20.0 Å². The number of aryl methyl sites for hydroxylation is 1. The molecule has 5 rings (SSSR count). The van der Waals surface area contributed by atoms with Gasteiger partial charge in [-0.05, 0) is 88.3 Å². The largest absolute Gasteiger partial charge is 0.455 e. The Balaban J connectivity index is 1.30. The third-order valence-electron chi connectivity index (χ3n) is 10.1. The number of halogens is 2. The minimum atomic E-state index is -0.743. The first-order valence-corrected chi connectivity index (χ1v) is 18.5. The third kappa shape index (κ3) is 9.66. The molecule has 0 unspecified atom stereocenters. The lowest BCUT2D eigenvalue weighted by molar-refractivity contribution is -0.144. The number of nitrogens with one attached hydrogen (secondary N) is 1. The maximum Gasteiger partial charge on any atom is 0.288 e. The Bertz CT molecular complexity index is 1410. The van der Waals surface area contributed by atoms with Crippen molar-refractivity contribution in [2.75, 3.05) is 39.3 Å². The molecule has 2 aromatic rings. The van der Waals surface area contributed by atoms with Gasteiger partial charge in [-0.25, -0.2) is 13.8 Å². The topological polar surface area (TPSA) is 77.5 Å². The zero-order valence-electron chi connectivity index (χ0n) is 29.8. The van der Waals surface area contributed by atoms with Crippen molar-refractivity contribution in [2.45, 2.75) is 116 Å². The molecule has 10 heteroatoms. The molecule has 2 saturated heterocycles. The van der Waals surface area contributed by atoms with Gasteiger partial charge in [0.1, 0.15) is 23.8 Å². The summed E-state index contributed by atoms with van der Waals surface area (Å²) in [5.74, 6) is -1.39. The van der Waals surface area contributed by atoms with E-state index in [1.54, 1.807) is 11.8 Å². The molecule has 8 nitrogen and oxygen atoms in total. The van der Waals surface area contributed by atoms with Crippen LogP contribution >= 0.6 is 0 Å². The molecule has 3 heterocycles. The number of aliphatic imine (C=N–C) groups is 1. The smallest absolute Gasteiger partial charge is 0.288 e. The highest BCUT2D eigenvalue weighted by Gasteiger charge is 2.41. The quantitative estimate of drug-likeness (QED) is 0.244. The summed E-state index contributed by atoms with van der Waals surface area (Å²) in [7, 11) is 0. The van der Waals surface area contributed by atoms with Crippen LogP contribution in [0.2, 0.25) is 0 Å². The Morgan fingerprint density at radius 2 is 1.71 bits per heavy atom. The van der Waals surface area contributed by atoms with Gasteiger partial charge in [0.15, 0.2) is 5.78 Å². The number of hydrogen-bond donors (Lipinski definition) is 1. The monoisotopic (exact) mass is 679 g/mol. The summed E-state index contributed by atoms with van der Waals surface area (Å²) < 4.78 is 35.5. The number of nitrogens with zero attached hydrogens (tertiary/aromatic N) is 4. The molecule has 4 atom stereocenters. The fourth-order valence-electron chi connectivity index (χ4n) is 7.45. The van der Waals surface area contributed by atoms with E-state index in [2.05, 4.69) is 10.2 Å². The number of likely N-dealkylation sites (tertiary alicyclic amines) is 1. The van der Waals surface area contributed by atoms with E-state index in [0.717, 1.165) is 38.0 Å². The van der Waals surface area contributed by atoms with Crippen LogP contribution in [0.15, 0.2) is 47.5 Å². The molecule has 0 saturated carbocycles. The van der Waals surface area contributed by atoms with Gasteiger partial charge in [-0.1, -0.05) is 63.9 Å². The Morgan fingerprint density at radius 1 is 1.00 bits per heavy atom. The maximum absolute atomic E-state index is 14.6. The van der Waals surface area contributed by atoms with Crippen molar-refractivity contribution in [3.05, 3.63) is 70.8 Å². The van der Waals surface area contributed by atoms with Crippen LogP contribution in [0.5, 0.6) is 0 Å². The highest BCUT2D eigenvalue weighted by molar-refractivity contribution is 5.92. The highest BCUT2D eigenvalue weighted by atomic mass is 19.1. The van der Waals surface area contributed by atoms with Crippen molar-refractivity contribution in [1.29, 1.82) is 0 Å². The molecule has 1 N–H and O–H groups in total. The number of ether oxygens (including phenoxy) is 1. The van der Waals surface area contributed by atoms with Gasteiger partial charge in [-0.3, -0.25) is 9.59 Å². The van der Waals surface area contributed by atoms with E-state index in [4.69, 9.17) is 9.73 Å². The molecule has 2 aromatic carbocycles. The molecule has 0 bridgehead atoms. The van der Waals surface area contributed by atoms with E-state index >= 15 is 0 Å². The van der Waals surface area contributed by atoms with Crippen LogP contribution in [0.1, 0.15) is 95.4 Å². The number of piperidine rings is 1. The zero-order chi connectivity index (χ0) is 34.9. The molecule has 2 fully saturated rings. The number of benzene rings is 2. The Labute approximate surface area is 291 Å². The minimum Gasteiger partial charge on any atom is -0.455 e. The van der Waals surface area contributed by atoms with Gasteiger partial charge in [0, 0.05) is 37.7 Å². The van der Waals surface area contributed by atoms with Crippen LogP contribution < -0.4 is 5.32 Å². The lowest BCUT2D eigenvalue weighted by Crippen LogP contribution is -2.62. The molecule has 0 aromatic heterocycles. The molecule has 268 valence electrons. The van der Waals surface area contributed by atoms with Gasteiger partial charge in [-0.15, -0.1) is 0 Å². The van der Waals surface area contributed by atoms with Gasteiger partial charge in [-0.2, -0.15) is 0 Å². The summed E-state index contributed by atoms with van der Waals surface area (Å²) in [6, 6.07) is 11.9. The molecule has 0 radical (unpaired) electrons. The Morgan fingerprint density at radius 3 is 2.39 bits per heavy atom. The predicted molar refractivity (Wildman–Crippen MR) is 190 cm³/mol. The molecular weight excluding hydrogens is 624 g/mol. The van der Waals surface area contributed by atoms with Crippen LogP contribution in [-0.2, 0) is 27.2 Å². The number of hydrogen-bond acceptors (Lipinski definition) is 7. The first kappa shape index (κ1) is 36.9. The lowest BCUT2D eigenvalue weighted by Gasteiger charge is -2.42. The second kappa shape index (κ2) is 17.5. The number of carbonyl (C=O) groups excluding carboxylic acids is 2. The average Bonchev–Trinajstić information content (AvgIpc) is 3.50. The number of Topliss-reactive ketones (excluding diaryl/α,β-unsaturated/α-hetero) is 1. The first-order valence-electron chi connectivity index (χ1n) is 18.5. The molecule has 0 spiro atoms. The molecule has 49 heavy (non-hydrogen) atoms. The van der Waals surface area contributed by atoms with E-state index in [9.17, 15) is 18.4 Å². The summed E-state index contributed by atoms with van der Waals surface area (Å²) in [6.07, 6.45) is 6.73. The van der Waals surface area contributed by atoms with Crippen LogP contribution in [0, 0.1) is 11.6 Å². The van der Waals surface area contributed by atoms with E-state index in [-0.39, 0.29) is 61.2 Å². The number of amides is 1. The van der Waals surface area contributed by atoms with Crippen LogP contribution in [0.4, 0.5) is 8.78 Å². The first-order chi connectivity index (χ1) is 23.6. The second-order valence-corrected chi connectivity index (χ2v) is 14.2. The standard InChI is InChI=1S/C39H55F2N5O3/c1-5-31-32(40)24-29(25-33(31)41)17-18-36(47)35-26-45(39-43-28(4)37(49-39)30-14-8-6-9-15-30)22-23-46(35)38(48)34(42-27(2)3)16-10-13-21-44-19-11-7-12-20-44/h6,8-9,14-15,24-25,27-28,34-35,37,42H,5,7,10-13,16-23,26H2,1-4H3/t28-,34+,35-,37+/m0/s1. The number of unbranched alkanes of at least 4 members (excludes halogenated alkanes) is 1. The minimum absolute atomic E-state index is 0.0507. The van der Waals surface area contributed by atoms with E-state index in [1.165, 1.54) is 31.4 Å². The Hall–Kier alpha value is -3.37. The summed E-state index contributed by atoms with van der Waals surface area (Å²) in [5.41, 5.74) is 1.52. The lowest BCUT2D eigenvalue weighted by atomic mass is 9.97. The van der Waals surface area contributed by atoms with Gasteiger partial charge >= 0.3 is 0 Å². The number of ketones is 1. The van der Waals surface area contributed by atoms with Gasteiger partial charge in [0.2, 0.25) is 5.91 Å². The second-order valence-electron chi connectivity index (χ2n) is 14.2. The van der Waals surface area contributed by atoms with Gasteiger partial charge in [0.25, 0.3) is 6.02 Å². The van der Waals surface area contributed by atoms with E-state index < -0.39 is 23.7 Å². The molecule has 1 amide bonds. The number of amidine groups is 1. The fourth-order valence-corrected chi connectivity index (χ4v) is 7.45. The van der Waals surface area contributed by atoms with Crippen molar-refractivity contribution >= 4 is 17.7 Å². The van der Waals surface area contributed by atoms with Crippen molar-refractivity contribution < 1.29 is 23.1 Å². The summed E-state index contributed by atoms with van der Waals surface area (Å²) in [4.78, 5) is 39.4. The third-order valence-corrected chi connectivity index (χ3v) is 10.1. The summed E-state index contributed by atoms with van der Waals surface area (Å²) in [5, 5.41) is 3.49. The van der Waals surface area contributed by atoms with Crippen LogP contribution in [0.25, 0.3) is 0 Å². The van der Waals surface area contributed by atoms with E-state index in [1.807, 2.05) is 56.0 Å². The predicted octanol–water partition coefficient (Wildman–Crippen LogP) is 6.08.